The lowest BCUT2D eigenvalue weighted by molar-refractivity contribution is -0.117. The van der Waals surface area contributed by atoms with Gasteiger partial charge in [-0.25, -0.2) is 0 Å². The fourth-order valence-electron chi connectivity index (χ4n) is 1.74. The Bertz CT molecular complexity index is 536. The Labute approximate surface area is 101 Å². The number of nitrogens with zero attached hydrogens (tertiary/aromatic N) is 3. The minimum absolute atomic E-state index is 0.000329. The van der Waals surface area contributed by atoms with Crippen LogP contribution >= 0.6 is 11.3 Å². The summed E-state index contributed by atoms with van der Waals surface area (Å²) in [4.78, 5) is 13.2. The molecule has 17 heavy (non-hydrogen) atoms. The van der Waals surface area contributed by atoms with Crippen LogP contribution in [0.15, 0.2) is 22.8 Å². The van der Waals surface area contributed by atoms with Gasteiger partial charge in [0.05, 0.1) is 6.26 Å². The van der Waals surface area contributed by atoms with Crippen molar-refractivity contribution in [1.82, 2.24) is 10.2 Å². The Kier molecular flexibility index (Phi) is 2.41. The van der Waals surface area contributed by atoms with E-state index in [1.54, 1.807) is 17.2 Å². The zero-order chi connectivity index (χ0) is 11.8. The molecule has 0 aliphatic carbocycles. The summed E-state index contributed by atoms with van der Waals surface area (Å²) in [7, 11) is 0. The Hall–Kier alpha value is -1.73. The molecular formula is C10H10N4O2S. The predicted octanol–water partition coefficient (Wildman–Crippen LogP) is 0.862. The Balaban J connectivity index is 1.88. The number of furan rings is 1. The van der Waals surface area contributed by atoms with Crippen LogP contribution < -0.4 is 10.6 Å². The molecule has 0 saturated carbocycles. The molecule has 0 aromatic carbocycles. The third kappa shape index (κ3) is 1.83. The molecule has 0 spiro atoms. The summed E-state index contributed by atoms with van der Waals surface area (Å²) >= 11 is 1.33. The second-order valence-electron chi connectivity index (χ2n) is 3.84. The fraction of sp³-hybridized carbons (Fsp3) is 0.300. The molecule has 1 fully saturated rings. The second-order valence-corrected chi connectivity index (χ2v) is 4.79. The van der Waals surface area contributed by atoms with Gasteiger partial charge < -0.3 is 10.2 Å². The highest BCUT2D eigenvalue weighted by molar-refractivity contribution is 7.18. The molecule has 1 saturated heterocycles. The molecule has 2 aromatic heterocycles. The molecule has 88 valence electrons. The van der Waals surface area contributed by atoms with Crippen molar-refractivity contribution in [1.29, 1.82) is 0 Å². The van der Waals surface area contributed by atoms with E-state index in [0.717, 1.165) is 0 Å². The van der Waals surface area contributed by atoms with E-state index in [0.29, 0.717) is 28.9 Å². The predicted molar refractivity (Wildman–Crippen MR) is 62.6 cm³/mol. The fourth-order valence-corrected chi connectivity index (χ4v) is 2.58. The first-order valence-electron chi connectivity index (χ1n) is 5.17. The molecule has 6 nitrogen and oxygen atoms in total. The maximum atomic E-state index is 11.6. The van der Waals surface area contributed by atoms with Gasteiger partial charge in [-0.15, -0.1) is 10.2 Å². The summed E-state index contributed by atoms with van der Waals surface area (Å²) in [6.45, 7) is 0.506. The Morgan fingerprint density at radius 3 is 3.06 bits per heavy atom. The van der Waals surface area contributed by atoms with Gasteiger partial charge in [-0.1, -0.05) is 11.3 Å². The van der Waals surface area contributed by atoms with Gasteiger partial charge in [0.2, 0.25) is 11.0 Å². The third-order valence-electron chi connectivity index (χ3n) is 2.53. The Morgan fingerprint density at radius 2 is 2.41 bits per heavy atom. The molecule has 1 atom stereocenters. The lowest BCUT2D eigenvalue weighted by atomic mass is 10.3. The lowest BCUT2D eigenvalue weighted by Crippen LogP contribution is -2.27. The highest BCUT2D eigenvalue weighted by Crippen LogP contribution is 2.30. The molecule has 3 rings (SSSR count). The number of anilines is 1. The van der Waals surface area contributed by atoms with Crippen molar-refractivity contribution in [3.63, 3.8) is 0 Å². The van der Waals surface area contributed by atoms with E-state index < -0.39 is 0 Å². The van der Waals surface area contributed by atoms with Gasteiger partial charge >= 0.3 is 0 Å². The number of amides is 1. The monoisotopic (exact) mass is 250 g/mol. The van der Waals surface area contributed by atoms with Gasteiger partial charge in [-0.3, -0.25) is 9.69 Å². The number of nitrogens with two attached hydrogens (primary N) is 1. The summed E-state index contributed by atoms with van der Waals surface area (Å²) in [5.74, 6) is 0.657. The van der Waals surface area contributed by atoms with Gasteiger partial charge in [-0.2, -0.15) is 0 Å². The van der Waals surface area contributed by atoms with Crippen molar-refractivity contribution in [2.24, 2.45) is 5.73 Å². The van der Waals surface area contributed by atoms with E-state index in [2.05, 4.69) is 10.2 Å². The first-order chi connectivity index (χ1) is 8.24. The van der Waals surface area contributed by atoms with Gasteiger partial charge in [0.1, 0.15) is 0 Å². The largest absolute Gasteiger partial charge is 0.462 e. The number of carbonyl (C=O) groups is 1. The molecule has 0 bridgehead atoms. The minimum atomic E-state index is -0.113. The molecular weight excluding hydrogens is 240 g/mol. The SMILES string of the molecule is NC1CC(=O)N(c2nnc(-c3ccco3)s2)C1. The molecule has 1 amide bonds. The number of hydrogen-bond donors (Lipinski definition) is 1. The molecule has 2 aromatic rings. The Morgan fingerprint density at radius 1 is 1.53 bits per heavy atom. The number of carbonyl (C=O) groups excluding carboxylic acids is 1. The number of aromatic nitrogens is 2. The zero-order valence-corrected chi connectivity index (χ0v) is 9.68. The quantitative estimate of drug-likeness (QED) is 0.854. The standard InChI is InChI=1S/C10H10N4O2S/c11-6-4-8(15)14(5-6)10-13-12-9(17-10)7-2-1-3-16-7/h1-3,6H,4-5,11H2. The summed E-state index contributed by atoms with van der Waals surface area (Å²) in [5.41, 5.74) is 5.73. The first kappa shape index (κ1) is 10.4. The van der Waals surface area contributed by atoms with Crippen LogP contribution in [0.2, 0.25) is 0 Å². The van der Waals surface area contributed by atoms with E-state index >= 15 is 0 Å². The third-order valence-corrected chi connectivity index (χ3v) is 3.49. The topological polar surface area (TPSA) is 85.3 Å². The number of rotatable bonds is 2. The van der Waals surface area contributed by atoms with Crippen molar-refractivity contribution in [2.45, 2.75) is 12.5 Å². The van der Waals surface area contributed by atoms with Crippen LogP contribution in [0.5, 0.6) is 0 Å². The van der Waals surface area contributed by atoms with Gasteiger partial charge in [-0.05, 0) is 12.1 Å². The average Bonchev–Trinajstić information content (AvgIpc) is 2.97. The number of hydrogen-bond acceptors (Lipinski definition) is 6. The second kappa shape index (κ2) is 3.94. The van der Waals surface area contributed by atoms with Crippen molar-refractivity contribution in [2.75, 3.05) is 11.4 Å². The van der Waals surface area contributed by atoms with Crippen molar-refractivity contribution < 1.29 is 9.21 Å². The summed E-state index contributed by atoms with van der Waals surface area (Å²) in [6, 6.07) is 3.48. The summed E-state index contributed by atoms with van der Waals surface area (Å²) in [5, 5.41) is 9.24. The molecule has 0 radical (unpaired) electrons. The summed E-state index contributed by atoms with van der Waals surface area (Å²) < 4.78 is 5.22. The molecule has 1 aliphatic rings. The minimum Gasteiger partial charge on any atom is -0.462 e. The van der Waals surface area contributed by atoms with Gasteiger partial charge in [0.15, 0.2) is 10.8 Å². The molecule has 2 N–H and O–H groups in total. The average molecular weight is 250 g/mol. The van der Waals surface area contributed by atoms with E-state index in [1.165, 1.54) is 11.3 Å². The van der Waals surface area contributed by atoms with Crippen LogP contribution in [0.4, 0.5) is 5.13 Å². The van der Waals surface area contributed by atoms with Crippen LogP contribution in [0, 0.1) is 0 Å². The van der Waals surface area contributed by atoms with Crippen LogP contribution in [0.1, 0.15) is 6.42 Å². The maximum Gasteiger partial charge on any atom is 0.230 e. The normalized spacial score (nSPS) is 20.2. The smallest absolute Gasteiger partial charge is 0.230 e. The zero-order valence-electron chi connectivity index (χ0n) is 8.87. The van der Waals surface area contributed by atoms with E-state index in [9.17, 15) is 4.79 Å². The molecule has 1 aliphatic heterocycles. The van der Waals surface area contributed by atoms with Crippen LogP contribution in [-0.4, -0.2) is 28.7 Å². The van der Waals surface area contributed by atoms with Crippen molar-refractivity contribution in [3.05, 3.63) is 18.4 Å². The lowest BCUT2D eigenvalue weighted by Gasteiger charge is -2.09. The maximum absolute atomic E-state index is 11.6. The molecule has 1 unspecified atom stereocenters. The highest BCUT2D eigenvalue weighted by Gasteiger charge is 2.30. The van der Waals surface area contributed by atoms with Gasteiger partial charge in [0, 0.05) is 19.0 Å². The van der Waals surface area contributed by atoms with E-state index in [-0.39, 0.29) is 11.9 Å². The molecule has 3 heterocycles. The van der Waals surface area contributed by atoms with Crippen molar-refractivity contribution in [3.8, 4) is 10.8 Å². The van der Waals surface area contributed by atoms with Crippen LogP contribution in [-0.2, 0) is 4.79 Å². The molecule has 7 heteroatoms. The van der Waals surface area contributed by atoms with Crippen LogP contribution in [0.3, 0.4) is 0 Å². The summed E-state index contributed by atoms with van der Waals surface area (Å²) in [6.07, 6.45) is 1.95. The highest BCUT2D eigenvalue weighted by atomic mass is 32.1. The van der Waals surface area contributed by atoms with Gasteiger partial charge in [0.25, 0.3) is 0 Å². The van der Waals surface area contributed by atoms with E-state index in [4.69, 9.17) is 10.2 Å². The first-order valence-corrected chi connectivity index (χ1v) is 5.99. The van der Waals surface area contributed by atoms with Crippen LogP contribution in [0.25, 0.3) is 10.8 Å². The van der Waals surface area contributed by atoms with Crippen molar-refractivity contribution >= 4 is 22.4 Å². The van der Waals surface area contributed by atoms with E-state index in [1.807, 2.05) is 6.07 Å².